The molecule has 0 atom stereocenters. The van der Waals surface area contributed by atoms with Crippen molar-refractivity contribution < 1.29 is 4.79 Å². The fourth-order valence-electron chi connectivity index (χ4n) is 2.11. The van der Waals surface area contributed by atoms with Crippen LogP contribution in [-0.4, -0.2) is 17.9 Å². The molecule has 2 rings (SSSR count). The monoisotopic (exact) mass is 269 g/mol. The number of carbonyl (C=O) groups excluding carboxylic acids is 1. The molecular weight excluding hydrogens is 250 g/mol. The molecule has 0 bridgehead atoms. The minimum atomic E-state index is -0.269. The molecule has 0 aliphatic heterocycles. The summed E-state index contributed by atoms with van der Waals surface area (Å²) < 4.78 is 0. The third kappa shape index (κ3) is 3.91. The zero-order valence-corrected chi connectivity index (χ0v) is 11.5. The van der Waals surface area contributed by atoms with Crippen molar-refractivity contribution in [1.82, 2.24) is 10.3 Å². The van der Waals surface area contributed by atoms with Gasteiger partial charge in [-0.25, -0.2) is 5.84 Å². The zero-order valence-electron chi connectivity index (χ0n) is 11.5. The lowest BCUT2D eigenvalue weighted by Crippen LogP contribution is -2.29. The van der Waals surface area contributed by atoms with Crippen LogP contribution in [0.15, 0.2) is 54.6 Å². The van der Waals surface area contributed by atoms with Crippen LogP contribution in [0.5, 0.6) is 0 Å². The molecule has 0 saturated carbocycles. The molecule has 4 heteroatoms. The van der Waals surface area contributed by atoms with E-state index in [9.17, 15) is 4.79 Å². The lowest BCUT2D eigenvalue weighted by Gasteiger charge is -2.17. The van der Waals surface area contributed by atoms with Gasteiger partial charge in [0.1, 0.15) is 0 Å². The van der Waals surface area contributed by atoms with E-state index in [4.69, 9.17) is 5.84 Å². The molecule has 0 fully saturated rings. The molecule has 104 valence electrons. The Bertz CT molecular complexity index is 552. The summed E-state index contributed by atoms with van der Waals surface area (Å²) in [6.45, 7) is 1.73. The predicted octanol–water partition coefficient (Wildman–Crippen LogP) is 1.92. The maximum Gasteiger partial charge on any atom is 0.265 e. The Morgan fingerprint density at radius 3 is 2.10 bits per heavy atom. The first-order chi connectivity index (χ1) is 9.69. The number of nitrogens with zero attached hydrogens (tertiary/aromatic N) is 1. The van der Waals surface area contributed by atoms with Gasteiger partial charge >= 0.3 is 0 Å². The van der Waals surface area contributed by atoms with E-state index in [1.807, 2.05) is 30.3 Å². The highest BCUT2D eigenvalue weighted by Crippen LogP contribution is 2.09. The Balaban J connectivity index is 1.94. The molecule has 0 spiro atoms. The molecule has 3 N–H and O–H groups in total. The van der Waals surface area contributed by atoms with Crippen molar-refractivity contribution in [2.75, 3.05) is 7.05 Å². The Kier molecular flexibility index (Phi) is 4.87. The fourth-order valence-corrected chi connectivity index (χ4v) is 2.11. The Morgan fingerprint density at radius 2 is 1.55 bits per heavy atom. The van der Waals surface area contributed by atoms with Crippen LogP contribution >= 0.6 is 0 Å². The molecular formula is C16H19N3O. The van der Waals surface area contributed by atoms with Crippen LogP contribution in [-0.2, 0) is 13.1 Å². The molecule has 0 aliphatic rings. The highest BCUT2D eigenvalue weighted by atomic mass is 16.2. The SMILES string of the molecule is CN(Cc1ccccc1)Cc1ccc(C(=O)NN)cc1. The zero-order chi connectivity index (χ0) is 14.4. The van der Waals surface area contributed by atoms with Crippen LogP contribution in [0.1, 0.15) is 21.5 Å². The van der Waals surface area contributed by atoms with Crippen molar-refractivity contribution in [3.63, 3.8) is 0 Å². The van der Waals surface area contributed by atoms with E-state index in [1.54, 1.807) is 12.1 Å². The fraction of sp³-hybridized carbons (Fsp3) is 0.188. The van der Waals surface area contributed by atoms with E-state index in [2.05, 4.69) is 29.5 Å². The standard InChI is InChI=1S/C16H19N3O/c1-19(11-13-5-3-2-4-6-13)12-14-7-9-15(10-8-14)16(20)18-17/h2-10H,11-12,17H2,1H3,(H,18,20). The first kappa shape index (κ1) is 14.2. The average Bonchev–Trinajstić information content (AvgIpc) is 2.48. The van der Waals surface area contributed by atoms with Gasteiger partial charge in [-0.2, -0.15) is 0 Å². The minimum absolute atomic E-state index is 0.269. The van der Waals surface area contributed by atoms with Gasteiger partial charge in [0.15, 0.2) is 0 Å². The molecule has 0 saturated heterocycles. The van der Waals surface area contributed by atoms with E-state index >= 15 is 0 Å². The molecule has 2 aromatic rings. The second-order valence-corrected chi connectivity index (χ2v) is 4.83. The summed E-state index contributed by atoms with van der Waals surface area (Å²) in [5.41, 5.74) is 5.15. The number of hydrazine groups is 1. The number of amides is 1. The van der Waals surface area contributed by atoms with Crippen molar-refractivity contribution in [3.8, 4) is 0 Å². The van der Waals surface area contributed by atoms with Crippen LogP contribution in [0.2, 0.25) is 0 Å². The van der Waals surface area contributed by atoms with Crippen LogP contribution in [0, 0.1) is 0 Å². The number of nitrogens with two attached hydrogens (primary N) is 1. The van der Waals surface area contributed by atoms with Crippen molar-refractivity contribution in [2.45, 2.75) is 13.1 Å². The number of nitrogen functional groups attached to an aromatic ring is 1. The third-order valence-corrected chi connectivity index (χ3v) is 3.10. The Labute approximate surface area is 119 Å². The number of hydrogen-bond acceptors (Lipinski definition) is 3. The molecule has 0 aliphatic carbocycles. The van der Waals surface area contributed by atoms with Gasteiger partial charge in [0.2, 0.25) is 0 Å². The molecule has 20 heavy (non-hydrogen) atoms. The lowest BCUT2D eigenvalue weighted by molar-refractivity contribution is 0.0953. The predicted molar refractivity (Wildman–Crippen MR) is 79.7 cm³/mol. The second-order valence-electron chi connectivity index (χ2n) is 4.83. The van der Waals surface area contributed by atoms with Crippen LogP contribution in [0.3, 0.4) is 0 Å². The Hall–Kier alpha value is -2.17. The maximum absolute atomic E-state index is 11.3. The average molecular weight is 269 g/mol. The highest BCUT2D eigenvalue weighted by molar-refractivity contribution is 5.93. The molecule has 0 aromatic heterocycles. The lowest BCUT2D eigenvalue weighted by atomic mass is 10.1. The number of hydrogen-bond donors (Lipinski definition) is 2. The van der Waals surface area contributed by atoms with Crippen LogP contribution in [0.25, 0.3) is 0 Å². The van der Waals surface area contributed by atoms with Crippen molar-refractivity contribution in [1.29, 1.82) is 0 Å². The highest BCUT2D eigenvalue weighted by Gasteiger charge is 2.05. The summed E-state index contributed by atoms with van der Waals surface area (Å²) in [6, 6.07) is 17.8. The van der Waals surface area contributed by atoms with Gasteiger partial charge < -0.3 is 0 Å². The second kappa shape index (κ2) is 6.84. The maximum atomic E-state index is 11.3. The Morgan fingerprint density at radius 1 is 1.00 bits per heavy atom. The van der Waals surface area contributed by atoms with Gasteiger partial charge in [-0.3, -0.25) is 15.1 Å². The van der Waals surface area contributed by atoms with Gasteiger partial charge in [-0.1, -0.05) is 42.5 Å². The summed E-state index contributed by atoms with van der Waals surface area (Å²) in [7, 11) is 2.08. The first-order valence-corrected chi connectivity index (χ1v) is 6.51. The summed E-state index contributed by atoms with van der Waals surface area (Å²) in [6.07, 6.45) is 0. The summed E-state index contributed by atoms with van der Waals surface area (Å²) in [4.78, 5) is 13.6. The van der Waals surface area contributed by atoms with Crippen molar-refractivity contribution in [3.05, 3.63) is 71.3 Å². The third-order valence-electron chi connectivity index (χ3n) is 3.10. The molecule has 0 radical (unpaired) electrons. The first-order valence-electron chi connectivity index (χ1n) is 6.51. The van der Waals surface area contributed by atoms with Crippen LogP contribution < -0.4 is 11.3 Å². The number of carbonyl (C=O) groups is 1. The van der Waals surface area contributed by atoms with Crippen LogP contribution in [0.4, 0.5) is 0 Å². The van der Waals surface area contributed by atoms with Gasteiger partial charge in [0.05, 0.1) is 0 Å². The topological polar surface area (TPSA) is 58.4 Å². The number of benzene rings is 2. The van der Waals surface area contributed by atoms with E-state index < -0.39 is 0 Å². The minimum Gasteiger partial charge on any atom is -0.298 e. The molecule has 4 nitrogen and oxygen atoms in total. The largest absolute Gasteiger partial charge is 0.298 e. The van der Waals surface area contributed by atoms with E-state index in [0.717, 1.165) is 18.7 Å². The molecule has 1 amide bonds. The van der Waals surface area contributed by atoms with E-state index in [0.29, 0.717) is 5.56 Å². The van der Waals surface area contributed by atoms with Gasteiger partial charge in [0, 0.05) is 18.7 Å². The normalized spacial score (nSPS) is 10.6. The van der Waals surface area contributed by atoms with Gasteiger partial charge in [-0.15, -0.1) is 0 Å². The van der Waals surface area contributed by atoms with Crippen molar-refractivity contribution >= 4 is 5.91 Å². The molecule has 0 unspecified atom stereocenters. The van der Waals surface area contributed by atoms with Gasteiger partial charge in [0.25, 0.3) is 5.91 Å². The molecule has 0 heterocycles. The van der Waals surface area contributed by atoms with E-state index in [1.165, 1.54) is 5.56 Å². The quantitative estimate of drug-likeness (QED) is 0.495. The molecule has 2 aromatic carbocycles. The number of nitrogens with one attached hydrogen (secondary N) is 1. The van der Waals surface area contributed by atoms with Gasteiger partial charge in [-0.05, 0) is 30.3 Å². The summed E-state index contributed by atoms with van der Waals surface area (Å²) in [5.74, 6) is 4.83. The van der Waals surface area contributed by atoms with E-state index in [-0.39, 0.29) is 5.91 Å². The number of rotatable bonds is 5. The summed E-state index contributed by atoms with van der Waals surface area (Å²) in [5, 5.41) is 0. The van der Waals surface area contributed by atoms with Crippen molar-refractivity contribution in [2.24, 2.45) is 5.84 Å². The smallest absolute Gasteiger partial charge is 0.265 e. The summed E-state index contributed by atoms with van der Waals surface area (Å²) >= 11 is 0.